The zero-order valence-corrected chi connectivity index (χ0v) is 4.12. The molecule has 0 aromatic heterocycles. The Morgan fingerprint density at radius 2 is 0.600 bits per heavy atom. The van der Waals surface area contributed by atoms with E-state index in [1.165, 1.54) is 0 Å². The Hall–Kier alpha value is -0.120. The molecular weight excluding hydrogens is 66.0 g/mol. The van der Waals surface area contributed by atoms with E-state index in [4.69, 9.17) is 0 Å². The Morgan fingerprint density at radius 1 is 0.600 bits per heavy atom. The van der Waals surface area contributed by atoms with Crippen molar-refractivity contribution < 1.29 is 0 Å². The third-order valence-corrected chi connectivity index (χ3v) is 0. The molecule has 0 bridgehead atoms. The van der Waals surface area contributed by atoms with Gasteiger partial charge in [-0.3, -0.25) is 0 Å². The van der Waals surface area contributed by atoms with Crippen LogP contribution in [0.15, 0.2) is 0 Å². The van der Waals surface area contributed by atoms with Crippen molar-refractivity contribution in [2.75, 3.05) is 0 Å². The highest BCUT2D eigenvalue weighted by Crippen LogP contribution is 1.14. The van der Waals surface area contributed by atoms with Gasteiger partial charge in [-0.15, -0.1) is 0 Å². The third kappa shape index (κ3) is 952. The lowest BCUT2D eigenvalue weighted by Crippen LogP contribution is -0.856. The van der Waals surface area contributed by atoms with Crippen LogP contribution in [-0.2, 0) is 0 Å². The molecule has 0 atom stereocenters. The molecule has 0 rings (SSSR count). The van der Waals surface area contributed by atoms with Gasteiger partial charge in [0.1, 0.15) is 0 Å². The van der Waals surface area contributed by atoms with E-state index in [1.807, 2.05) is 13.8 Å². The molecule has 0 radical (unpaired) electrons. The molecule has 5 heavy (non-hydrogen) atoms. The Labute approximate surface area is 33.5 Å². The maximum absolute atomic E-state index is 2.00. The zero-order chi connectivity index (χ0) is 2.00. The highest BCUT2D eigenvalue weighted by molar-refractivity contribution is 3.50. The molecule has 0 aliphatic rings. The summed E-state index contributed by atoms with van der Waals surface area (Å²) in [6.45, 7) is 4.00. The smallest absolute Gasteiger partial charge is 0.0683 e. The quantitative estimate of drug-likeness (QED) is 0.411. The zero-order valence-electron chi connectivity index (χ0n) is 4.12. The van der Waals surface area contributed by atoms with Crippen LogP contribution in [0.1, 0.15) is 13.8 Å². The second-order valence-corrected chi connectivity index (χ2v) is 0. The fraction of sp³-hybridized carbons (Fsp3) is 1.00. The van der Waals surface area contributed by atoms with E-state index in [0.29, 0.717) is 0 Å². The Bertz CT molecular complexity index is 4.85. The van der Waals surface area contributed by atoms with Crippen molar-refractivity contribution in [2.45, 2.75) is 13.8 Å². The normalized spacial score (nSPS) is 1.20. The van der Waals surface area contributed by atoms with Crippen molar-refractivity contribution in [3.05, 3.63) is 0 Å². The average molecular weight is 81.2 g/mol. The largest absolute Gasteiger partial charge is 0.344 e. The van der Waals surface area contributed by atoms with Crippen LogP contribution in [0.5, 0.6) is 0 Å². The molecule has 0 spiro atoms. The van der Waals surface area contributed by atoms with Gasteiger partial charge >= 0.3 is 0 Å². The van der Waals surface area contributed by atoms with Crippen LogP contribution in [-0.4, -0.2) is 0 Å². The van der Waals surface area contributed by atoms with Gasteiger partial charge in [0.15, 0.2) is 0 Å². The summed E-state index contributed by atoms with van der Waals surface area (Å²) in [5.41, 5.74) is 0. The first-order chi connectivity index (χ1) is 1.00. The molecule has 0 aliphatic carbocycles. The summed E-state index contributed by atoms with van der Waals surface area (Å²) < 4.78 is 0. The van der Waals surface area contributed by atoms with Crippen LogP contribution in [0.25, 0.3) is 0 Å². The lowest BCUT2D eigenvalue weighted by molar-refractivity contribution is 1.50. The Balaban J connectivity index is -0.00000000167. The highest BCUT2D eigenvalue weighted by Gasteiger charge is 0.932. The number of rotatable bonds is 0. The summed E-state index contributed by atoms with van der Waals surface area (Å²) in [4.78, 5) is 0. The molecule has 0 amide bonds. The van der Waals surface area contributed by atoms with Gasteiger partial charge in [-0.25, -0.2) is 0 Å². The van der Waals surface area contributed by atoms with Gasteiger partial charge in [-0.05, 0) is 0 Å². The maximum atomic E-state index is 2.00. The van der Waals surface area contributed by atoms with Gasteiger partial charge in [0.25, 0.3) is 0 Å². The summed E-state index contributed by atoms with van der Waals surface area (Å²) >= 11 is 0. The van der Waals surface area contributed by atoms with E-state index in [9.17, 15) is 0 Å². The van der Waals surface area contributed by atoms with E-state index < -0.39 is 0 Å². The second kappa shape index (κ2) is 2230. The monoisotopic (exact) mass is 81.1 g/mol. The van der Waals surface area contributed by atoms with Gasteiger partial charge in [0.05, 0.1) is 0 Å². The first-order valence-electron chi connectivity index (χ1n) is 1.00. The first-order valence-corrected chi connectivity index (χ1v) is 1.00. The topological polar surface area (TPSA) is 105 Å². The molecule has 0 aromatic rings. The SMILES string of the molecule is CC.N.N.N. The van der Waals surface area contributed by atoms with Gasteiger partial charge in [-0.1, -0.05) is 13.8 Å². The molecular formula is C2H15N3. The van der Waals surface area contributed by atoms with Gasteiger partial charge < -0.3 is 18.5 Å². The van der Waals surface area contributed by atoms with Gasteiger partial charge in [-0.2, -0.15) is 0 Å². The third-order valence-electron chi connectivity index (χ3n) is 0. The fourth-order valence-corrected chi connectivity index (χ4v) is 0. The summed E-state index contributed by atoms with van der Waals surface area (Å²) in [7, 11) is 0. The van der Waals surface area contributed by atoms with Crippen molar-refractivity contribution in [3.8, 4) is 0 Å². The van der Waals surface area contributed by atoms with Crippen LogP contribution in [0.3, 0.4) is 0 Å². The molecule has 0 saturated carbocycles. The van der Waals surface area contributed by atoms with E-state index in [-0.39, 0.29) is 18.5 Å². The van der Waals surface area contributed by atoms with Crippen molar-refractivity contribution in [3.63, 3.8) is 0 Å². The molecule has 0 unspecified atom stereocenters. The minimum Gasteiger partial charge on any atom is -0.344 e. The van der Waals surface area contributed by atoms with Crippen LogP contribution in [0.2, 0.25) is 0 Å². The first kappa shape index (κ1) is 94.9. The summed E-state index contributed by atoms with van der Waals surface area (Å²) in [6.07, 6.45) is 0. The Kier molecular flexibility index (Phi) is 42400. The molecule has 38 valence electrons. The van der Waals surface area contributed by atoms with Crippen molar-refractivity contribution in [1.82, 2.24) is 18.5 Å². The van der Waals surface area contributed by atoms with E-state index >= 15 is 0 Å². The predicted octanol–water partition coefficient (Wildman–Crippen LogP) is 1.51. The van der Waals surface area contributed by atoms with E-state index in [1.54, 1.807) is 0 Å². The molecule has 0 aromatic carbocycles. The molecule has 3 nitrogen and oxygen atoms in total. The number of hydrogen-bond donors (Lipinski definition) is 3. The molecule has 3 heteroatoms. The van der Waals surface area contributed by atoms with Crippen LogP contribution in [0, 0.1) is 0 Å². The number of hydrogen-bond acceptors (Lipinski definition) is 3. The average Bonchev–Trinajstić information content (AvgIpc) is 1.00. The predicted molar refractivity (Wildman–Crippen MR) is 26.4 cm³/mol. The molecule has 0 aliphatic heterocycles. The lowest BCUT2D eigenvalue weighted by atomic mass is 11.0. The standard InChI is InChI=1S/C2H6.3H3N/c1-2;;;/h1-2H3;3*1H3. The molecule has 0 heterocycles. The summed E-state index contributed by atoms with van der Waals surface area (Å²) in [5, 5.41) is 0. The fourth-order valence-electron chi connectivity index (χ4n) is 0. The van der Waals surface area contributed by atoms with Crippen LogP contribution < -0.4 is 18.5 Å². The van der Waals surface area contributed by atoms with Crippen LogP contribution in [0.4, 0.5) is 0 Å². The highest BCUT2D eigenvalue weighted by atomic mass is 14.0. The van der Waals surface area contributed by atoms with Gasteiger partial charge in [0.2, 0.25) is 0 Å². The van der Waals surface area contributed by atoms with Crippen molar-refractivity contribution in [1.29, 1.82) is 0 Å². The van der Waals surface area contributed by atoms with Crippen LogP contribution >= 0.6 is 0 Å². The molecule has 0 fully saturated rings. The minimum atomic E-state index is 0. The minimum absolute atomic E-state index is 0. The summed E-state index contributed by atoms with van der Waals surface area (Å²) in [6, 6.07) is 0. The van der Waals surface area contributed by atoms with Crippen molar-refractivity contribution >= 4 is 0 Å². The second-order valence-electron chi connectivity index (χ2n) is 0. The lowest BCUT2D eigenvalue weighted by Gasteiger charge is -1.07. The van der Waals surface area contributed by atoms with E-state index in [2.05, 4.69) is 0 Å². The molecule has 9 N–H and O–H groups in total. The maximum Gasteiger partial charge on any atom is -0.0683 e. The van der Waals surface area contributed by atoms with Gasteiger partial charge in [0, 0.05) is 0 Å². The van der Waals surface area contributed by atoms with Crippen molar-refractivity contribution in [2.24, 2.45) is 0 Å². The Morgan fingerprint density at radius 3 is 0.600 bits per heavy atom. The van der Waals surface area contributed by atoms with E-state index in [0.717, 1.165) is 0 Å². The molecule has 0 saturated heterocycles. The summed E-state index contributed by atoms with van der Waals surface area (Å²) in [5.74, 6) is 0.